The van der Waals surface area contributed by atoms with Crippen LogP contribution in [0.25, 0.3) is 0 Å². The molecule has 1 N–H and O–H groups in total. The summed E-state index contributed by atoms with van der Waals surface area (Å²) >= 11 is 0. The van der Waals surface area contributed by atoms with Crippen LogP contribution in [0.2, 0.25) is 0 Å². The van der Waals surface area contributed by atoms with E-state index in [-0.39, 0.29) is 6.04 Å². The Bertz CT molecular complexity index is 769. The molecule has 5 heteroatoms. The topological polar surface area (TPSA) is 55.4 Å². The van der Waals surface area contributed by atoms with Gasteiger partial charge in [-0.05, 0) is 50.1 Å². The fraction of sp³-hybridized carbons (Fsp3) is 0.294. The van der Waals surface area contributed by atoms with Gasteiger partial charge in [-0.25, -0.2) is 13.1 Å². The zero-order valence-electron chi connectivity index (χ0n) is 13.3. The average Bonchev–Trinajstić information content (AvgIpc) is 2.46. The first-order chi connectivity index (χ1) is 10.3. The van der Waals surface area contributed by atoms with Crippen molar-refractivity contribution in [3.63, 3.8) is 0 Å². The molecule has 0 spiro atoms. The molecule has 0 saturated carbocycles. The Morgan fingerprint density at radius 2 is 1.82 bits per heavy atom. The third-order valence-electron chi connectivity index (χ3n) is 3.55. The number of aryl methyl sites for hydroxylation is 2. The van der Waals surface area contributed by atoms with Crippen molar-refractivity contribution in [3.05, 3.63) is 59.2 Å². The van der Waals surface area contributed by atoms with Gasteiger partial charge in [-0.3, -0.25) is 0 Å². The molecule has 4 nitrogen and oxygen atoms in total. The molecule has 2 aromatic carbocycles. The molecule has 0 aromatic heterocycles. The lowest BCUT2D eigenvalue weighted by Gasteiger charge is -2.16. The lowest BCUT2D eigenvalue weighted by molar-refractivity contribution is 0.413. The second kappa shape index (κ2) is 6.50. The highest BCUT2D eigenvalue weighted by Gasteiger charge is 2.20. The maximum Gasteiger partial charge on any atom is 0.241 e. The molecule has 0 aliphatic rings. The van der Waals surface area contributed by atoms with Gasteiger partial charge in [-0.1, -0.05) is 29.8 Å². The molecule has 118 valence electrons. The number of ether oxygens (including phenoxy) is 1. The molecular weight excluding hydrogens is 298 g/mol. The lowest BCUT2D eigenvalue weighted by atomic mass is 10.1. The van der Waals surface area contributed by atoms with Crippen LogP contribution in [0.4, 0.5) is 0 Å². The average molecular weight is 319 g/mol. The largest absolute Gasteiger partial charge is 0.497 e. The third kappa shape index (κ3) is 3.67. The van der Waals surface area contributed by atoms with Crippen molar-refractivity contribution >= 4 is 10.0 Å². The highest BCUT2D eigenvalue weighted by molar-refractivity contribution is 7.89. The number of methoxy groups -OCH3 is 1. The van der Waals surface area contributed by atoms with Gasteiger partial charge in [-0.2, -0.15) is 0 Å². The van der Waals surface area contributed by atoms with Crippen LogP contribution < -0.4 is 9.46 Å². The van der Waals surface area contributed by atoms with E-state index in [1.165, 1.54) is 0 Å². The smallest absolute Gasteiger partial charge is 0.241 e. The van der Waals surface area contributed by atoms with Crippen LogP contribution in [0.5, 0.6) is 5.75 Å². The van der Waals surface area contributed by atoms with Gasteiger partial charge < -0.3 is 4.74 Å². The van der Waals surface area contributed by atoms with Crippen LogP contribution in [0, 0.1) is 13.8 Å². The van der Waals surface area contributed by atoms with Crippen LogP contribution in [0.3, 0.4) is 0 Å². The molecule has 22 heavy (non-hydrogen) atoms. The Kier molecular flexibility index (Phi) is 4.88. The molecule has 0 saturated heterocycles. The Morgan fingerprint density at radius 1 is 1.09 bits per heavy atom. The third-order valence-corrected chi connectivity index (χ3v) is 5.25. The number of hydrogen-bond acceptors (Lipinski definition) is 3. The van der Waals surface area contributed by atoms with E-state index in [1.807, 2.05) is 44.2 Å². The first-order valence-corrected chi connectivity index (χ1v) is 8.55. The lowest BCUT2D eigenvalue weighted by Crippen LogP contribution is -2.27. The van der Waals surface area contributed by atoms with E-state index in [1.54, 1.807) is 26.2 Å². The summed E-state index contributed by atoms with van der Waals surface area (Å²) in [5, 5.41) is 0. The normalized spacial score (nSPS) is 12.9. The van der Waals surface area contributed by atoms with Crippen molar-refractivity contribution in [1.82, 2.24) is 4.72 Å². The van der Waals surface area contributed by atoms with E-state index < -0.39 is 10.0 Å². The van der Waals surface area contributed by atoms with Crippen molar-refractivity contribution in [1.29, 1.82) is 0 Å². The monoisotopic (exact) mass is 319 g/mol. The minimum absolute atomic E-state index is 0.313. The van der Waals surface area contributed by atoms with Gasteiger partial charge in [0, 0.05) is 6.04 Å². The number of sulfonamides is 1. The van der Waals surface area contributed by atoms with Gasteiger partial charge in [0.15, 0.2) is 0 Å². The van der Waals surface area contributed by atoms with E-state index in [9.17, 15) is 8.42 Å². The SMILES string of the molecule is COc1cccc(C(C)NS(=O)(=O)c2ccc(C)cc2C)c1. The van der Waals surface area contributed by atoms with Crippen LogP contribution in [-0.2, 0) is 10.0 Å². The van der Waals surface area contributed by atoms with Crippen molar-refractivity contribution in [2.75, 3.05) is 7.11 Å². The highest BCUT2D eigenvalue weighted by atomic mass is 32.2. The Morgan fingerprint density at radius 3 is 2.45 bits per heavy atom. The summed E-state index contributed by atoms with van der Waals surface area (Å²) in [7, 11) is -1.98. The van der Waals surface area contributed by atoms with Gasteiger partial charge in [-0.15, -0.1) is 0 Å². The molecule has 2 aromatic rings. The quantitative estimate of drug-likeness (QED) is 0.919. The molecule has 1 unspecified atom stereocenters. The minimum atomic E-state index is -3.57. The highest BCUT2D eigenvalue weighted by Crippen LogP contribution is 2.22. The Balaban J connectivity index is 2.27. The first kappa shape index (κ1) is 16.5. The maximum absolute atomic E-state index is 12.6. The van der Waals surface area contributed by atoms with E-state index >= 15 is 0 Å². The molecule has 0 radical (unpaired) electrons. The molecule has 0 aliphatic heterocycles. The Labute approximate surface area is 132 Å². The fourth-order valence-corrected chi connectivity index (χ4v) is 3.83. The summed E-state index contributed by atoms with van der Waals surface area (Å²) in [5.41, 5.74) is 2.63. The predicted octanol–water partition coefficient (Wildman–Crippen LogP) is 3.35. The molecule has 1 atom stereocenters. The fourth-order valence-electron chi connectivity index (χ4n) is 2.38. The van der Waals surface area contributed by atoms with Gasteiger partial charge in [0.05, 0.1) is 12.0 Å². The van der Waals surface area contributed by atoms with Gasteiger partial charge in [0.1, 0.15) is 5.75 Å². The molecule has 0 heterocycles. The van der Waals surface area contributed by atoms with E-state index in [0.29, 0.717) is 10.6 Å². The van der Waals surface area contributed by atoms with E-state index in [4.69, 9.17) is 4.74 Å². The summed E-state index contributed by atoms with van der Waals surface area (Å²) in [4.78, 5) is 0.313. The number of nitrogens with one attached hydrogen (secondary N) is 1. The number of hydrogen-bond donors (Lipinski definition) is 1. The molecule has 0 aliphatic carbocycles. The minimum Gasteiger partial charge on any atom is -0.497 e. The van der Waals surface area contributed by atoms with Gasteiger partial charge in [0.25, 0.3) is 0 Å². The molecule has 0 fully saturated rings. The summed E-state index contributed by atoms with van der Waals surface area (Å²) in [6.45, 7) is 5.56. The second-order valence-corrected chi connectivity index (χ2v) is 7.07. The van der Waals surface area contributed by atoms with Crippen LogP contribution in [0.1, 0.15) is 29.7 Å². The second-order valence-electron chi connectivity index (χ2n) is 5.39. The van der Waals surface area contributed by atoms with Crippen molar-refractivity contribution in [2.24, 2.45) is 0 Å². The molecule has 2 rings (SSSR count). The summed E-state index contributed by atoms with van der Waals surface area (Å²) in [6.07, 6.45) is 0. The molecule has 0 amide bonds. The molecule has 0 bridgehead atoms. The number of benzene rings is 2. The standard InChI is InChI=1S/C17H21NO3S/c1-12-8-9-17(13(2)10-12)22(19,20)18-14(3)15-6-5-7-16(11-15)21-4/h5-11,14,18H,1-4H3. The first-order valence-electron chi connectivity index (χ1n) is 7.07. The predicted molar refractivity (Wildman–Crippen MR) is 87.6 cm³/mol. The Hall–Kier alpha value is -1.85. The molecular formula is C17H21NO3S. The van der Waals surface area contributed by atoms with Crippen LogP contribution in [-0.4, -0.2) is 15.5 Å². The summed E-state index contributed by atoms with van der Waals surface area (Å²) in [6, 6.07) is 12.3. The number of rotatable bonds is 5. The van der Waals surface area contributed by atoms with Crippen LogP contribution in [0.15, 0.2) is 47.4 Å². The van der Waals surface area contributed by atoms with Crippen molar-refractivity contribution in [2.45, 2.75) is 31.7 Å². The summed E-state index contributed by atoms with van der Waals surface area (Å²) < 4.78 is 33.0. The zero-order chi connectivity index (χ0) is 16.3. The van der Waals surface area contributed by atoms with Crippen molar-refractivity contribution in [3.8, 4) is 5.75 Å². The van der Waals surface area contributed by atoms with E-state index in [2.05, 4.69) is 4.72 Å². The maximum atomic E-state index is 12.6. The van der Waals surface area contributed by atoms with E-state index in [0.717, 1.165) is 16.7 Å². The van der Waals surface area contributed by atoms with Crippen molar-refractivity contribution < 1.29 is 13.2 Å². The zero-order valence-corrected chi connectivity index (χ0v) is 14.1. The summed E-state index contributed by atoms with van der Waals surface area (Å²) in [5.74, 6) is 0.704. The van der Waals surface area contributed by atoms with Gasteiger partial charge in [0.2, 0.25) is 10.0 Å². The van der Waals surface area contributed by atoms with Gasteiger partial charge >= 0.3 is 0 Å². The van der Waals surface area contributed by atoms with Crippen LogP contribution >= 0.6 is 0 Å².